The van der Waals surface area contributed by atoms with Crippen LogP contribution in [0.15, 0.2) is 48.1 Å². The van der Waals surface area contributed by atoms with Crippen molar-refractivity contribution in [3.8, 4) is 0 Å². The summed E-state index contributed by atoms with van der Waals surface area (Å²) in [5.41, 5.74) is 0.159. The van der Waals surface area contributed by atoms with Crippen LogP contribution in [-0.2, 0) is 23.7 Å². The number of ether oxygens (including phenoxy) is 5. The Hall–Kier alpha value is -1.36. The average Bonchev–Trinajstić information content (AvgIpc) is 3.27. The van der Waals surface area contributed by atoms with E-state index in [0.717, 1.165) is 56.9 Å². The molecule has 266 valence electrons. The van der Waals surface area contributed by atoms with E-state index in [4.69, 9.17) is 23.7 Å². The van der Waals surface area contributed by atoms with E-state index in [1.807, 2.05) is 26.0 Å². The molecule has 0 aromatic heterocycles. The van der Waals surface area contributed by atoms with Crippen LogP contribution in [0.3, 0.4) is 0 Å². The molecule has 13 unspecified atom stereocenters. The second-order valence-electron chi connectivity index (χ2n) is 15.8. The number of aliphatic hydroxyl groups excluding tert-OH is 2. The van der Waals surface area contributed by atoms with Crippen LogP contribution >= 0.6 is 0 Å². The summed E-state index contributed by atoms with van der Waals surface area (Å²) >= 11 is 0. The molecule has 0 saturated carbocycles. The molecule has 0 spiro atoms. The van der Waals surface area contributed by atoms with Gasteiger partial charge in [-0.3, -0.25) is 0 Å². The SMILES string of the molecule is C=C/C=C\CCC1OC2CCC3(C)OC4C(O)CC5(C)OC(CC/C=C(C)/C(C)=C/CO)C(C)CC5OC4CC3OC2CCC1(C)O. The fourth-order valence-electron chi connectivity index (χ4n) is 8.70. The van der Waals surface area contributed by atoms with Crippen molar-refractivity contribution in [3.05, 3.63) is 48.1 Å². The first-order valence-corrected chi connectivity index (χ1v) is 18.2. The third-order valence-corrected chi connectivity index (χ3v) is 12.0. The van der Waals surface area contributed by atoms with E-state index in [1.165, 1.54) is 5.57 Å². The first-order valence-electron chi connectivity index (χ1n) is 18.2. The lowest BCUT2D eigenvalue weighted by atomic mass is 9.79. The molecule has 8 nitrogen and oxygen atoms in total. The van der Waals surface area contributed by atoms with Crippen molar-refractivity contribution in [2.45, 2.75) is 184 Å². The van der Waals surface area contributed by atoms with Gasteiger partial charge in [0.05, 0.1) is 72.2 Å². The van der Waals surface area contributed by atoms with Crippen molar-refractivity contribution in [2.75, 3.05) is 6.61 Å². The van der Waals surface area contributed by atoms with Crippen molar-refractivity contribution in [1.29, 1.82) is 0 Å². The van der Waals surface area contributed by atoms with Gasteiger partial charge in [-0.05, 0) is 98.3 Å². The fourth-order valence-corrected chi connectivity index (χ4v) is 8.70. The van der Waals surface area contributed by atoms with Crippen molar-refractivity contribution >= 4 is 0 Å². The van der Waals surface area contributed by atoms with Crippen LogP contribution in [0.2, 0.25) is 0 Å². The van der Waals surface area contributed by atoms with Gasteiger partial charge in [-0.25, -0.2) is 0 Å². The maximum Gasteiger partial charge on any atom is 0.111 e. The van der Waals surface area contributed by atoms with Gasteiger partial charge < -0.3 is 39.0 Å². The molecule has 0 bridgehead atoms. The van der Waals surface area contributed by atoms with Gasteiger partial charge in [0.1, 0.15) is 6.10 Å². The van der Waals surface area contributed by atoms with Crippen molar-refractivity contribution in [2.24, 2.45) is 5.92 Å². The highest BCUT2D eigenvalue weighted by molar-refractivity contribution is 5.26. The van der Waals surface area contributed by atoms with E-state index in [2.05, 4.69) is 46.4 Å². The summed E-state index contributed by atoms with van der Waals surface area (Å²) in [7, 11) is 0. The minimum absolute atomic E-state index is 0.0494. The van der Waals surface area contributed by atoms with Crippen LogP contribution in [-0.4, -0.2) is 93.7 Å². The van der Waals surface area contributed by atoms with Crippen LogP contribution in [0.5, 0.6) is 0 Å². The molecule has 47 heavy (non-hydrogen) atoms. The van der Waals surface area contributed by atoms with Crippen LogP contribution in [0, 0.1) is 5.92 Å². The van der Waals surface area contributed by atoms with Gasteiger partial charge in [0, 0.05) is 12.8 Å². The molecule has 5 rings (SSSR count). The maximum atomic E-state index is 11.7. The van der Waals surface area contributed by atoms with E-state index in [0.29, 0.717) is 25.2 Å². The smallest absolute Gasteiger partial charge is 0.111 e. The van der Waals surface area contributed by atoms with Crippen LogP contribution in [0.1, 0.15) is 112 Å². The lowest BCUT2D eigenvalue weighted by molar-refractivity contribution is -0.273. The number of hydrogen-bond acceptors (Lipinski definition) is 8. The summed E-state index contributed by atoms with van der Waals surface area (Å²) in [5.74, 6) is 0.311. The molecule has 0 aromatic rings. The standard InChI is InChI=1S/C39H62O8/c1-8-9-10-11-15-33-37(5,42)19-16-30-31(43-33)17-20-38(6)35(44-30)23-32-36(47-38)28(41)24-39(7)34(45-32)22-27(4)29(46-39)14-12-13-25(2)26(3)18-21-40/h8-10,13,18,27-36,40-42H,1,11-12,14-17,19-24H2,2-7H3/b10-9-,25-13+,26-18+. The number of hydrogen-bond donors (Lipinski definition) is 3. The molecule has 5 saturated heterocycles. The highest BCUT2D eigenvalue weighted by Gasteiger charge is 2.58. The Bertz CT molecular complexity index is 1160. The van der Waals surface area contributed by atoms with Crippen LogP contribution < -0.4 is 0 Å². The summed E-state index contributed by atoms with van der Waals surface area (Å²) in [4.78, 5) is 0. The van der Waals surface area contributed by atoms with Gasteiger partial charge in [-0.15, -0.1) is 0 Å². The molecule has 3 N–H and O–H groups in total. The fraction of sp³-hybridized carbons (Fsp3) is 0.795. The zero-order valence-electron chi connectivity index (χ0n) is 29.7. The zero-order valence-corrected chi connectivity index (χ0v) is 29.7. The van der Waals surface area contributed by atoms with Gasteiger partial charge >= 0.3 is 0 Å². The number of rotatable bonds is 9. The van der Waals surface area contributed by atoms with Gasteiger partial charge in [0.2, 0.25) is 0 Å². The molecule has 5 fully saturated rings. The Morgan fingerprint density at radius 3 is 2.28 bits per heavy atom. The monoisotopic (exact) mass is 658 g/mol. The Morgan fingerprint density at radius 2 is 1.53 bits per heavy atom. The molecule has 0 amide bonds. The van der Waals surface area contributed by atoms with Crippen LogP contribution in [0.25, 0.3) is 0 Å². The molecule has 13 atom stereocenters. The predicted molar refractivity (Wildman–Crippen MR) is 183 cm³/mol. The van der Waals surface area contributed by atoms with Crippen molar-refractivity contribution in [1.82, 2.24) is 0 Å². The molecule has 5 aliphatic heterocycles. The summed E-state index contributed by atoms with van der Waals surface area (Å²) in [6.45, 7) is 16.3. The summed E-state index contributed by atoms with van der Waals surface area (Å²) in [5, 5.41) is 32.3. The van der Waals surface area contributed by atoms with E-state index in [9.17, 15) is 15.3 Å². The number of allylic oxidation sites excluding steroid dienone is 6. The topological polar surface area (TPSA) is 107 Å². The average molecular weight is 659 g/mol. The van der Waals surface area contributed by atoms with Crippen molar-refractivity contribution in [3.63, 3.8) is 0 Å². The molecule has 8 heteroatoms. The van der Waals surface area contributed by atoms with Gasteiger partial charge in [-0.1, -0.05) is 55.0 Å². The second-order valence-corrected chi connectivity index (χ2v) is 15.8. The van der Waals surface area contributed by atoms with Crippen molar-refractivity contribution < 1.29 is 39.0 Å². The summed E-state index contributed by atoms with van der Waals surface area (Å²) in [6.07, 6.45) is 15.7. The molecule has 5 heterocycles. The third kappa shape index (κ3) is 8.34. The third-order valence-electron chi connectivity index (χ3n) is 12.0. The summed E-state index contributed by atoms with van der Waals surface area (Å²) < 4.78 is 34.2. The molecule has 0 aromatic carbocycles. The van der Waals surface area contributed by atoms with E-state index in [1.54, 1.807) is 6.08 Å². The minimum Gasteiger partial charge on any atom is -0.392 e. The zero-order chi connectivity index (χ0) is 34.0. The Balaban J connectivity index is 1.26. The molecule has 0 radical (unpaired) electrons. The van der Waals surface area contributed by atoms with E-state index < -0.39 is 29.0 Å². The minimum atomic E-state index is -0.922. The van der Waals surface area contributed by atoms with Gasteiger partial charge in [0.25, 0.3) is 0 Å². The Morgan fingerprint density at radius 1 is 0.851 bits per heavy atom. The lowest BCUT2D eigenvalue weighted by Crippen LogP contribution is -2.59. The number of fused-ring (bicyclic) bond motifs is 4. The largest absolute Gasteiger partial charge is 0.392 e. The highest BCUT2D eigenvalue weighted by atomic mass is 16.6. The Labute approximate surface area is 283 Å². The lowest BCUT2D eigenvalue weighted by Gasteiger charge is -2.49. The predicted octanol–water partition coefficient (Wildman–Crippen LogP) is 6.27. The molecule has 5 aliphatic rings. The van der Waals surface area contributed by atoms with E-state index >= 15 is 0 Å². The Kier molecular flexibility index (Phi) is 12.0. The second kappa shape index (κ2) is 15.3. The molecular formula is C39H62O8. The van der Waals surface area contributed by atoms with Crippen LogP contribution in [0.4, 0.5) is 0 Å². The number of aliphatic hydroxyl groups is 3. The first kappa shape index (κ1) is 36.9. The highest BCUT2D eigenvalue weighted by Crippen LogP contribution is 2.49. The van der Waals surface area contributed by atoms with Gasteiger partial charge in [0.15, 0.2) is 0 Å². The normalized spacial score (nSPS) is 46.3. The quantitative estimate of drug-likeness (QED) is 0.249. The molecular weight excluding hydrogens is 596 g/mol. The maximum absolute atomic E-state index is 11.7. The summed E-state index contributed by atoms with van der Waals surface area (Å²) in [6, 6.07) is 0. The van der Waals surface area contributed by atoms with Gasteiger partial charge in [-0.2, -0.15) is 0 Å². The molecule has 0 aliphatic carbocycles. The first-order chi connectivity index (χ1) is 22.3. The van der Waals surface area contributed by atoms with E-state index in [-0.39, 0.29) is 49.3 Å².